The molecule has 2 N–H and O–H groups in total. The molecule has 1 heterocycles. The largest absolute Gasteiger partial charge is 0.385 e. The molecule has 5 nitrogen and oxygen atoms in total. The van der Waals surface area contributed by atoms with Crippen molar-refractivity contribution >= 4 is 29.1 Å². The number of halogens is 1. The van der Waals surface area contributed by atoms with Crippen molar-refractivity contribution in [1.82, 2.24) is 9.97 Å². The first-order chi connectivity index (χ1) is 9.78. The molecule has 0 aliphatic carbocycles. The van der Waals surface area contributed by atoms with Crippen LogP contribution in [0.25, 0.3) is 0 Å². The number of nitrogens with zero attached hydrogens (tertiary/aromatic N) is 2. The van der Waals surface area contributed by atoms with E-state index < -0.39 is 0 Å². The normalized spacial score (nSPS) is 10.3. The lowest BCUT2D eigenvalue weighted by Gasteiger charge is -2.08. The topological polar surface area (TPSA) is 59.1 Å². The molecule has 0 spiro atoms. The van der Waals surface area contributed by atoms with E-state index >= 15 is 0 Å². The number of methoxy groups -OCH3 is 1. The number of hydrogen-bond donors (Lipinski definition) is 2. The fourth-order valence-corrected chi connectivity index (χ4v) is 1.83. The van der Waals surface area contributed by atoms with Gasteiger partial charge in [0.25, 0.3) is 0 Å². The summed E-state index contributed by atoms with van der Waals surface area (Å²) < 4.78 is 4.99. The van der Waals surface area contributed by atoms with Crippen LogP contribution >= 0.6 is 11.6 Å². The van der Waals surface area contributed by atoms with Gasteiger partial charge in [0.15, 0.2) is 0 Å². The van der Waals surface area contributed by atoms with Gasteiger partial charge in [-0.3, -0.25) is 0 Å². The lowest BCUT2D eigenvalue weighted by molar-refractivity contribution is 0.197. The quantitative estimate of drug-likeness (QED) is 0.767. The SMILES string of the molecule is COCCCNc1nccc(Nc2cccc(Cl)c2)n1. The Balaban J connectivity index is 1.95. The zero-order valence-corrected chi connectivity index (χ0v) is 12.0. The number of benzene rings is 1. The molecule has 0 unspecified atom stereocenters. The smallest absolute Gasteiger partial charge is 0.224 e. The molecule has 20 heavy (non-hydrogen) atoms. The Morgan fingerprint density at radius 2 is 2.20 bits per heavy atom. The summed E-state index contributed by atoms with van der Waals surface area (Å²) >= 11 is 5.94. The van der Waals surface area contributed by atoms with Crippen molar-refractivity contribution in [2.75, 3.05) is 30.9 Å². The number of ether oxygens (including phenoxy) is 1. The Hall–Kier alpha value is -1.85. The predicted molar refractivity (Wildman–Crippen MR) is 81.7 cm³/mol. The first-order valence-electron chi connectivity index (χ1n) is 6.36. The highest BCUT2D eigenvalue weighted by Crippen LogP contribution is 2.19. The average molecular weight is 293 g/mol. The van der Waals surface area contributed by atoms with Gasteiger partial charge in [-0.05, 0) is 30.7 Å². The van der Waals surface area contributed by atoms with Crippen LogP contribution in [0.15, 0.2) is 36.5 Å². The summed E-state index contributed by atoms with van der Waals surface area (Å²) in [5.41, 5.74) is 0.890. The molecular weight excluding hydrogens is 276 g/mol. The lowest BCUT2D eigenvalue weighted by Crippen LogP contribution is -2.08. The fourth-order valence-electron chi connectivity index (χ4n) is 1.64. The standard InChI is InChI=1S/C14H17ClN4O/c1-20-9-3-7-16-14-17-8-6-13(19-14)18-12-5-2-4-11(15)10-12/h2,4-6,8,10H,3,7,9H2,1H3,(H2,16,17,18,19). The van der Waals surface area contributed by atoms with E-state index in [4.69, 9.17) is 16.3 Å². The van der Waals surface area contributed by atoms with Crippen molar-refractivity contribution in [3.05, 3.63) is 41.6 Å². The van der Waals surface area contributed by atoms with Gasteiger partial charge in [0.05, 0.1) is 0 Å². The van der Waals surface area contributed by atoms with Crippen LogP contribution in [0.3, 0.4) is 0 Å². The van der Waals surface area contributed by atoms with E-state index in [0.29, 0.717) is 17.6 Å². The maximum Gasteiger partial charge on any atom is 0.224 e. The molecule has 0 saturated heterocycles. The van der Waals surface area contributed by atoms with Crippen LogP contribution in [0.1, 0.15) is 6.42 Å². The molecule has 0 atom stereocenters. The second-order valence-electron chi connectivity index (χ2n) is 4.17. The molecule has 0 saturated carbocycles. The lowest BCUT2D eigenvalue weighted by atomic mass is 10.3. The van der Waals surface area contributed by atoms with Gasteiger partial charge in [-0.2, -0.15) is 4.98 Å². The van der Waals surface area contributed by atoms with Gasteiger partial charge in [0.2, 0.25) is 5.95 Å². The minimum atomic E-state index is 0.591. The molecule has 2 rings (SSSR count). The number of aromatic nitrogens is 2. The van der Waals surface area contributed by atoms with Crippen LogP contribution in [0.2, 0.25) is 5.02 Å². The Morgan fingerprint density at radius 3 is 3.00 bits per heavy atom. The highest BCUT2D eigenvalue weighted by atomic mass is 35.5. The summed E-state index contributed by atoms with van der Waals surface area (Å²) in [6.45, 7) is 1.49. The third-order valence-corrected chi connectivity index (χ3v) is 2.80. The van der Waals surface area contributed by atoms with Crippen molar-refractivity contribution < 1.29 is 4.74 Å². The minimum Gasteiger partial charge on any atom is -0.385 e. The Labute approximate surface area is 123 Å². The van der Waals surface area contributed by atoms with Gasteiger partial charge in [-0.25, -0.2) is 4.98 Å². The first-order valence-corrected chi connectivity index (χ1v) is 6.74. The summed E-state index contributed by atoms with van der Waals surface area (Å²) in [6, 6.07) is 9.29. The van der Waals surface area contributed by atoms with Crippen LogP contribution in [0.5, 0.6) is 0 Å². The van der Waals surface area contributed by atoms with Crippen LogP contribution < -0.4 is 10.6 Å². The summed E-state index contributed by atoms with van der Waals surface area (Å²) in [4.78, 5) is 8.55. The highest BCUT2D eigenvalue weighted by molar-refractivity contribution is 6.30. The van der Waals surface area contributed by atoms with Crippen molar-refractivity contribution in [3.8, 4) is 0 Å². The summed E-state index contributed by atoms with van der Waals surface area (Å²) in [5.74, 6) is 1.31. The van der Waals surface area contributed by atoms with Crippen LogP contribution in [0.4, 0.5) is 17.5 Å². The first kappa shape index (κ1) is 14.6. The fraction of sp³-hybridized carbons (Fsp3) is 0.286. The second kappa shape index (κ2) is 7.67. The predicted octanol–water partition coefficient (Wildman–Crippen LogP) is 3.32. The van der Waals surface area contributed by atoms with Crippen LogP contribution in [-0.4, -0.2) is 30.2 Å². The van der Waals surface area contributed by atoms with E-state index in [2.05, 4.69) is 20.6 Å². The van der Waals surface area contributed by atoms with E-state index in [1.165, 1.54) is 0 Å². The molecule has 106 valence electrons. The van der Waals surface area contributed by atoms with Crippen LogP contribution in [0, 0.1) is 0 Å². The minimum absolute atomic E-state index is 0.591. The molecular formula is C14H17ClN4O. The van der Waals surface area contributed by atoms with E-state index in [0.717, 1.165) is 24.5 Å². The Bertz CT molecular complexity index is 550. The van der Waals surface area contributed by atoms with Gasteiger partial charge in [0.1, 0.15) is 5.82 Å². The van der Waals surface area contributed by atoms with E-state index in [1.807, 2.05) is 24.3 Å². The molecule has 0 fully saturated rings. The van der Waals surface area contributed by atoms with Crippen LogP contribution in [-0.2, 0) is 4.74 Å². The van der Waals surface area contributed by atoms with Gasteiger partial charge in [-0.15, -0.1) is 0 Å². The molecule has 2 aromatic rings. The third-order valence-electron chi connectivity index (χ3n) is 2.56. The van der Waals surface area contributed by atoms with E-state index in [1.54, 1.807) is 19.4 Å². The summed E-state index contributed by atoms with van der Waals surface area (Å²) in [7, 11) is 1.69. The number of rotatable bonds is 7. The van der Waals surface area contributed by atoms with E-state index in [9.17, 15) is 0 Å². The van der Waals surface area contributed by atoms with Gasteiger partial charge in [-0.1, -0.05) is 17.7 Å². The molecule has 0 amide bonds. The number of hydrogen-bond acceptors (Lipinski definition) is 5. The van der Waals surface area contributed by atoms with Crippen molar-refractivity contribution in [2.24, 2.45) is 0 Å². The molecule has 0 aliphatic rings. The molecule has 0 aliphatic heterocycles. The van der Waals surface area contributed by atoms with Gasteiger partial charge < -0.3 is 15.4 Å². The van der Waals surface area contributed by atoms with E-state index in [-0.39, 0.29) is 0 Å². The molecule has 6 heteroatoms. The van der Waals surface area contributed by atoms with Crippen molar-refractivity contribution in [3.63, 3.8) is 0 Å². The maximum atomic E-state index is 5.94. The maximum absolute atomic E-state index is 5.94. The summed E-state index contributed by atoms with van der Waals surface area (Å²) in [5, 5.41) is 7.02. The molecule has 1 aromatic heterocycles. The van der Waals surface area contributed by atoms with Gasteiger partial charge >= 0.3 is 0 Å². The second-order valence-corrected chi connectivity index (χ2v) is 4.61. The third kappa shape index (κ3) is 4.68. The zero-order chi connectivity index (χ0) is 14.2. The Kier molecular flexibility index (Phi) is 5.58. The molecule has 0 radical (unpaired) electrons. The number of anilines is 3. The Morgan fingerprint density at radius 1 is 1.30 bits per heavy atom. The highest BCUT2D eigenvalue weighted by Gasteiger charge is 2.00. The van der Waals surface area contributed by atoms with Crippen molar-refractivity contribution in [2.45, 2.75) is 6.42 Å². The molecule has 0 bridgehead atoms. The molecule has 1 aromatic carbocycles. The van der Waals surface area contributed by atoms with Gasteiger partial charge in [0, 0.05) is 37.2 Å². The summed E-state index contributed by atoms with van der Waals surface area (Å²) in [6.07, 6.45) is 2.62. The monoisotopic (exact) mass is 292 g/mol. The average Bonchev–Trinajstić information content (AvgIpc) is 2.44. The zero-order valence-electron chi connectivity index (χ0n) is 11.3. The van der Waals surface area contributed by atoms with Crippen molar-refractivity contribution in [1.29, 1.82) is 0 Å². The number of nitrogens with one attached hydrogen (secondary N) is 2.